The molecule has 19 heavy (non-hydrogen) atoms. The molecule has 110 valence electrons. The van der Waals surface area contributed by atoms with Gasteiger partial charge in [-0.1, -0.05) is 6.92 Å². The summed E-state index contributed by atoms with van der Waals surface area (Å²) >= 11 is 0. The van der Waals surface area contributed by atoms with Crippen molar-refractivity contribution >= 4 is 5.91 Å². The summed E-state index contributed by atoms with van der Waals surface area (Å²) in [6.45, 7) is 9.06. The quantitative estimate of drug-likeness (QED) is 0.816. The zero-order valence-corrected chi connectivity index (χ0v) is 12.7. The lowest BCUT2D eigenvalue weighted by molar-refractivity contribution is -0.128. The second-order valence-corrected chi connectivity index (χ2v) is 6.26. The van der Waals surface area contributed by atoms with Gasteiger partial charge >= 0.3 is 0 Å². The average Bonchev–Trinajstić information content (AvgIpc) is 2.71. The first-order chi connectivity index (χ1) is 9.11. The Morgan fingerprint density at radius 2 is 2.16 bits per heavy atom. The van der Waals surface area contributed by atoms with Crippen molar-refractivity contribution in [2.24, 2.45) is 5.92 Å². The van der Waals surface area contributed by atoms with E-state index in [2.05, 4.69) is 24.1 Å². The third-order valence-electron chi connectivity index (χ3n) is 4.68. The van der Waals surface area contributed by atoms with Crippen molar-refractivity contribution in [1.29, 1.82) is 0 Å². The molecule has 0 radical (unpaired) electrons. The molecule has 0 aromatic rings. The van der Waals surface area contributed by atoms with Gasteiger partial charge in [0.1, 0.15) is 0 Å². The SMILES string of the molecule is CCCN1CCCC(C(C)NC2CCN(C)C2=O)C1. The van der Waals surface area contributed by atoms with Gasteiger partial charge in [-0.3, -0.25) is 4.79 Å². The van der Waals surface area contributed by atoms with Crippen molar-refractivity contribution in [3.05, 3.63) is 0 Å². The minimum absolute atomic E-state index is 0.0570. The molecule has 2 saturated heterocycles. The molecule has 2 fully saturated rings. The summed E-state index contributed by atoms with van der Waals surface area (Å²) in [6.07, 6.45) is 4.80. The van der Waals surface area contributed by atoms with E-state index >= 15 is 0 Å². The zero-order chi connectivity index (χ0) is 13.8. The van der Waals surface area contributed by atoms with Gasteiger partial charge in [0.25, 0.3) is 0 Å². The van der Waals surface area contributed by atoms with Gasteiger partial charge in [-0.25, -0.2) is 0 Å². The molecule has 2 heterocycles. The maximum Gasteiger partial charge on any atom is 0.239 e. The number of carbonyl (C=O) groups is 1. The van der Waals surface area contributed by atoms with E-state index in [1.165, 1.54) is 38.9 Å². The van der Waals surface area contributed by atoms with E-state index in [1.54, 1.807) is 0 Å². The monoisotopic (exact) mass is 267 g/mol. The highest BCUT2D eigenvalue weighted by Gasteiger charge is 2.32. The first-order valence-corrected chi connectivity index (χ1v) is 7.85. The molecule has 3 atom stereocenters. The molecule has 0 aromatic carbocycles. The predicted molar refractivity (Wildman–Crippen MR) is 78.1 cm³/mol. The summed E-state index contributed by atoms with van der Waals surface area (Å²) in [7, 11) is 1.90. The van der Waals surface area contributed by atoms with Crippen molar-refractivity contribution in [3.8, 4) is 0 Å². The fraction of sp³-hybridized carbons (Fsp3) is 0.933. The molecule has 4 heteroatoms. The highest BCUT2D eigenvalue weighted by atomic mass is 16.2. The van der Waals surface area contributed by atoms with Crippen LogP contribution in [0.1, 0.15) is 39.5 Å². The van der Waals surface area contributed by atoms with Gasteiger partial charge in [-0.2, -0.15) is 0 Å². The summed E-state index contributed by atoms with van der Waals surface area (Å²) in [5.41, 5.74) is 0. The van der Waals surface area contributed by atoms with E-state index in [-0.39, 0.29) is 11.9 Å². The van der Waals surface area contributed by atoms with Crippen molar-refractivity contribution in [1.82, 2.24) is 15.1 Å². The van der Waals surface area contributed by atoms with Crippen LogP contribution in [0.2, 0.25) is 0 Å². The van der Waals surface area contributed by atoms with Crippen LogP contribution in [0.15, 0.2) is 0 Å². The van der Waals surface area contributed by atoms with Crippen LogP contribution in [0.3, 0.4) is 0 Å². The Hall–Kier alpha value is -0.610. The molecule has 3 unspecified atom stereocenters. The molecule has 2 aliphatic rings. The number of rotatable bonds is 5. The second kappa shape index (κ2) is 6.71. The summed E-state index contributed by atoms with van der Waals surface area (Å²) in [6, 6.07) is 0.502. The number of hydrogen-bond acceptors (Lipinski definition) is 3. The van der Waals surface area contributed by atoms with Gasteiger partial charge in [0.15, 0.2) is 0 Å². The van der Waals surface area contributed by atoms with Crippen LogP contribution in [-0.2, 0) is 4.79 Å². The van der Waals surface area contributed by atoms with Gasteiger partial charge < -0.3 is 15.1 Å². The van der Waals surface area contributed by atoms with Gasteiger partial charge in [-0.15, -0.1) is 0 Å². The molecule has 1 N–H and O–H groups in total. The number of hydrogen-bond donors (Lipinski definition) is 1. The van der Waals surface area contributed by atoms with E-state index in [4.69, 9.17) is 0 Å². The van der Waals surface area contributed by atoms with Crippen LogP contribution < -0.4 is 5.32 Å². The molecule has 0 aliphatic carbocycles. The lowest BCUT2D eigenvalue weighted by atomic mass is 9.91. The first-order valence-electron chi connectivity index (χ1n) is 7.85. The zero-order valence-electron chi connectivity index (χ0n) is 12.7. The Balaban J connectivity index is 1.82. The Bertz CT molecular complexity index is 306. The fourth-order valence-corrected chi connectivity index (χ4v) is 3.45. The second-order valence-electron chi connectivity index (χ2n) is 6.26. The molecule has 0 saturated carbocycles. The minimum Gasteiger partial charge on any atom is -0.344 e. The van der Waals surface area contributed by atoms with E-state index in [0.29, 0.717) is 12.0 Å². The summed E-state index contributed by atoms with van der Waals surface area (Å²) in [5.74, 6) is 0.965. The molecule has 4 nitrogen and oxygen atoms in total. The summed E-state index contributed by atoms with van der Waals surface area (Å²) < 4.78 is 0. The van der Waals surface area contributed by atoms with Crippen LogP contribution in [0.4, 0.5) is 0 Å². The lowest BCUT2D eigenvalue weighted by Crippen LogP contribution is -2.49. The van der Waals surface area contributed by atoms with E-state index < -0.39 is 0 Å². The van der Waals surface area contributed by atoms with Crippen LogP contribution >= 0.6 is 0 Å². The van der Waals surface area contributed by atoms with E-state index in [0.717, 1.165) is 13.0 Å². The third kappa shape index (κ3) is 3.69. The molecule has 0 bridgehead atoms. The molecule has 2 aliphatic heterocycles. The van der Waals surface area contributed by atoms with Crippen molar-refractivity contribution in [2.45, 2.75) is 51.6 Å². The number of nitrogens with one attached hydrogen (secondary N) is 1. The molecule has 0 aromatic heterocycles. The lowest BCUT2D eigenvalue weighted by Gasteiger charge is -2.36. The van der Waals surface area contributed by atoms with Crippen LogP contribution in [0, 0.1) is 5.92 Å². The highest BCUT2D eigenvalue weighted by Crippen LogP contribution is 2.21. The van der Waals surface area contributed by atoms with Crippen molar-refractivity contribution < 1.29 is 4.79 Å². The van der Waals surface area contributed by atoms with Gasteiger partial charge in [0, 0.05) is 26.2 Å². The Morgan fingerprint density at radius 3 is 2.79 bits per heavy atom. The topological polar surface area (TPSA) is 35.6 Å². The fourth-order valence-electron chi connectivity index (χ4n) is 3.45. The first kappa shape index (κ1) is 14.8. The standard InChI is InChI=1S/C15H29N3O/c1-4-8-18-9-5-6-13(11-18)12(2)16-14-7-10-17(3)15(14)19/h12-14,16H,4-11H2,1-3H3. The minimum atomic E-state index is 0.0570. The maximum atomic E-state index is 11.9. The van der Waals surface area contributed by atoms with Crippen LogP contribution in [0.5, 0.6) is 0 Å². The normalized spacial score (nSPS) is 30.9. The van der Waals surface area contributed by atoms with Crippen LogP contribution in [-0.4, -0.2) is 61.0 Å². The molecular formula is C15H29N3O. The van der Waals surface area contributed by atoms with Crippen molar-refractivity contribution in [3.63, 3.8) is 0 Å². The number of likely N-dealkylation sites (N-methyl/N-ethyl adjacent to an activating group) is 1. The smallest absolute Gasteiger partial charge is 0.239 e. The Kier molecular flexibility index (Phi) is 5.22. The molecule has 1 amide bonds. The number of nitrogens with zero attached hydrogens (tertiary/aromatic N) is 2. The van der Waals surface area contributed by atoms with Gasteiger partial charge in [-0.05, 0) is 51.6 Å². The number of carbonyl (C=O) groups excluding carboxylic acids is 1. The predicted octanol–water partition coefficient (Wildman–Crippen LogP) is 1.32. The average molecular weight is 267 g/mol. The number of likely N-dealkylation sites (tertiary alicyclic amines) is 2. The van der Waals surface area contributed by atoms with Crippen LogP contribution in [0.25, 0.3) is 0 Å². The third-order valence-corrected chi connectivity index (χ3v) is 4.68. The molecule has 2 rings (SSSR count). The molecular weight excluding hydrogens is 238 g/mol. The number of amides is 1. The Morgan fingerprint density at radius 1 is 1.37 bits per heavy atom. The largest absolute Gasteiger partial charge is 0.344 e. The van der Waals surface area contributed by atoms with Gasteiger partial charge in [0.2, 0.25) is 5.91 Å². The van der Waals surface area contributed by atoms with Gasteiger partial charge in [0.05, 0.1) is 6.04 Å². The Labute approximate surface area is 117 Å². The summed E-state index contributed by atoms with van der Waals surface area (Å²) in [5, 5.41) is 3.57. The molecule has 0 spiro atoms. The highest BCUT2D eigenvalue weighted by molar-refractivity contribution is 5.83. The van der Waals surface area contributed by atoms with E-state index in [1.807, 2.05) is 11.9 Å². The number of piperidine rings is 1. The summed E-state index contributed by atoms with van der Waals surface area (Å²) in [4.78, 5) is 16.4. The van der Waals surface area contributed by atoms with Crippen molar-refractivity contribution in [2.75, 3.05) is 33.2 Å². The van der Waals surface area contributed by atoms with E-state index in [9.17, 15) is 4.79 Å². The maximum absolute atomic E-state index is 11.9.